The van der Waals surface area contributed by atoms with Crippen LogP contribution in [0, 0.1) is 12.7 Å². The van der Waals surface area contributed by atoms with Crippen LogP contribution in [0.25, 0.3) is 5.69 Å². The number of benzene rings is 1. The smallest absolute Gasteiger partial charge is 0.149 e. The molecule has 3 atom stereocenters. The van der Waals surface area contributed by atoms with E-state index in [1.54, 1.807) is 29.2 Å². The molecular weight excluding hydrogens is 293 g/mol. The first-order valence-corrected chi connectivity index (χ1v) is 8.30. The van der Waals surface area contributed by atoms with Crippen molar-refractivity contribution in [3.63, 3.8) is 0 Å². The van der Waals surface area contributed by atoms with Crippen molar-refractivity contribution in [3.05, 3.63) is 47.5 Å². The first-order chi connectivity index (χ1) is 11.0. The molecule has 1 aromatic carbocycles. The summed E-state index contributed by atoms with van der Waals surface area (Å²) in [5.41, 5.74) is 2.33. The Balaban J connectivity index is 1.74. The van der Waals surface area contributed by atoms with Gasteiger partial charge in [0.2, 0.25) is 0 Å². The molecule has 4 nitrogen and oxygen atoms in total. The second kappa shape index (κ2) is 6.81. The minimum Gasteiger partial charge on any atom is -0.392 e. The summed E-state index contributed by atoms with van der Waals surface area (Å²) in [4.78, 5) is 0. The summed E-state index contributed by atoms with van der Waals surface area (Å²) < 4.78 is 16.0. The molecule has 0 amide bonds. The fourth-order valence-corrected chi connectivity index (χ4v) is 3.25. The molecule has 1 fully saturated rings. The van der Waals surface area contributed by atoms with Crippen LogP contribution >= 0.6 is 0 Å². The monoisotopic (exact) mass is 317 g/mol. The molecule has 1 saturated carbocycles. The molecule has 23 heavy (non-hydrogen) atoms. The van der Waals surface area contributed by atoms with Crippen molar-refractivity contribution in [2.75, 3.05) is 0 Å². The second-order valence-corrected chi connectivity index (χ2v) is 6.52. The van der Waals surface area contributed by atoms with Crippen molar-refractivity contribution in [2.45, 2.75) is 57.7 Å². The van der Waals surface area contributed by atoms with Crippen LogP contribution in [-0.2, 0) is 0 Å². The lowest BCUT2D eigenvalue weighted by molar-refractivity contribution is 0.0859. The molecule has 3 unspecified atom stereocenters. The minimum absolute atomic E-state index is 0.00402. The Bertz CT molecular complexity index is 670. The average Bonchev–Trinajstić information content (AvgIpc) is 2.95. The second-order valence-electron chi connectivity index (χ2n) is 6.52. The van der Waals surface area contributed by atoms with E-state index >= 15 is 0 Å². The third kappa shape index (κ3) is 3.62. The van der Waals surface area contributed by atoms with Crippen LogP contribution in [0.2, 0.25) is 0 Å². The summed E-state index contributed by atoms with van der Waals surface area (Å²) in [5.74, 6) is -0.288. The van der Waals surface area contributed by atoms with Gasteiger partial charge in [-0.1, -0.05) is 18.9 Å². The van der Waals surface area contributed by atoms with Gasteiger partial charge in [-0.15, -0.1) is 0 Å². The number of halogens is 1. The highest BCUT2D eigenvalue weighted by molar-refractivity contribution is 5.37. The van der Waals surface area contributed by atoms with Gasteiger partial charge in [0.05, 0.1) is 12.3 Å². The molecule has 2 N–H and O–H groups in total. The van der Waals surface area contributed by atoms with E-state index in [1.807, 2.05) is 19.9 Å². The Hall–Kier alpha value is -1.72. The molecule has 0 bridgehead atoms. The van der Waals surface area contributed by atoms with Gasteiger partial charge in [0.15, 0.2) is 0 Å². The Morgan fingerprint density at radius 2 is 2.13 bits per heavy atom. The standard InChI is InChI=1S/C18H24FN3O/c1-12-10-20-22(11-12)17-8-7-14(9-15(17)19)13(2)21-16-5-3-4-6-18(16)23/h7-11,13,16,18,21,23H,3-6H2,1-2H3. The van der Waals surface area contributed by atoms with E-state index in [2.05, 4.69) is 10.4 Å². The highest BCUT2D eigenvalue weighted by Crippen LogP contribution is 2.24. The Morgan fingerprint density at radius 3 is 2.78 bits per heavy atom. The van der Waals surface area contributed by atoms with Gasteiger partial charge < -0.3 is 10.4 Å². The van der Waals surface area contributed by atoms with Crippen LogP contribution in [0.3, 0.4) is 0 Å². The molecule has 0 radical (unpaired) electrons. The van der Waals surface area contributed by atoms with Gasteiger partial charge in [0, 0.05) is 18.3 Å². The quantitative estimate of drug-likeness (QED) is 0.910. The summed E-state index contributed by atoms with van der Waals surface area (Å²) >= 11 is 0. The molecule has 1 aliphatic carbocycles. The predicted octanol–water partition coefficient (Wildman–Crippen LogP) is 3.27. The maximum Gasteiger partial charge on any atom is 0.149 e. The van der Waals surface area contributed by atoms with Gasteiger partial charge in [-0.3, -0.25) is 0 Å². The molecule has 0 aliphatic heterocycles. The average molecular weight is 317 g/mol. The maximum absolute atomic E-state index is 14.4. The zero-order valence-corrected chi connectivity index (χ0v) is 13.7. The molecule has 1 heterocycles. The Labute approximate surface area is 136 Å². The van der Waals surface area contributed by atoms with Crippen molar-refractivity contribution in [1.82, 2.24) is 15.1 Å². The van der Waals surface area contributed by atoms with E-state index in [0.717, 1.165) is 36.8 Å². The first-order valence-electron chi connectivity index (χ1n) is 8.30. The molecule has 3 rings (SSSR count). The number of aryl methyl sites for hydroxylation is 1. The summed E-state index contributed by atoms with van der Waals surface area (Å²) in [7, 11) is 0. The number of aliphatic hydroxyl groups excluding tert-OH is 1. The molecule has 0 spiro atoms. The van der Waals surface area contributed by atoms with E-state index in [0.29, 0.717) is 5.69 Å². The first kappa shape index (κ1) is 16.1. The summed E-state index contributed by atoms with van der Waals surface area (Å²) in [5, 5.41) is 17.7. The van der Waals surface area contributed by atoms with E-state index in [1.165, 1.54) is 0 Å². The lowest BCUT2D eigenvalue weighted by Gasteiger charge is -2.31. The van der Waals surface area contributed by atoms with Gasteiger partial charge in [-0.05, 0) is 49.9 Å². The van der Waals surface area contributed by atoms with Crippen LogP contribution in [0.5, 0.6) is 0 Å². The number of hydrogen-bond donors (Lipinski definition) is 2. The van der Waals surface area contributed by atoms with Crippen molar-refractivity contribution < 1.29 is 9.50 Å². The van der Waals surface area contributed by atoms with Crippen molar-refractivity contribution in [2.24, 2.45) is 0 Å². The third-order valence-corrected chi connectivity index (χ3v) is 4.62. The molecule has 2 aromatic rings. The van der Waals surface area contributed by atoms with E-state index in [-0.39, 0.29) is 24.0 Å². The predicted molar refractivity (Wildman–Crippen MR) is 88.1 cm³/mol. The molecular formula is C18H24FN3O. The van der Waals surface area contributed by atoms with Crippen LogP contribution < -0.4 is 5.32 Å². The largest absolute Gasteiger partial charge is 0.392 e. The number of rotatable bonds is 4. The van der Waals surface area contributed by atoms with Crippen LogP contribution in [-0.4, -0.2) is 27.0 Å². The van der Waals surface area contributed by atoms with Gasteiger partial charge in [-0.25, -0.2) is 9.07 Å². The van der Waals surface area contributed by atoms with Crippen LogP contribution in [0.4, 0.5) is 4.39 Å². The zero-order valence-electron chi connectivity index (χ0n) is 13.7. The van der Waals surface area contributed by atoms with E-state index < -0.39 is 0 Å². The van der Waals surface area contributed by atoms with Gasteiger partial charge in [-0.2, -0.15) is 5.10 Å². The van der Waals surface area contributed by atoms with Crippen LogP contribution in [0.15, 0.2) is 30.6 Å². The topological polar surface area (TPSA) is 50.1 Å². The molecule has 0 saturated heterocycles. The summed E-state index contributed by atoms with van der Waals surface area (Å²) in [6, 6.07) is 5.32. The SMILES string of the molecule is Cc1cnn(-c2ccc(C(C)NC3CCCCC3O)cc2F)c1. The lowest BCUT2D eigenvalue weighted by Crippen LogP contribution is -2.43. The Morgan fingerprint density at radius 1 is 1.35 bits per heavy atom. The lowest BCUT2D eigenvalue weighted by atomic mass is 9.91. The maximum atomic E-state index is 14.4. The Kier molecular flexibility index (Phi) is 4.78. The number of aliphatic hydroxyl groups is 1. The van der Waals surface area contributed by atoms with Crippen molar-refractivity contribution in [3.8, 4) is 5.69 Å². The number of aromatic nitrogens is 2. The molecule has 1 aromatic heterocycles. The summed E-state index contributed by atoms with van der Waals surface area (Å²) in [6.45, 7) is 3.94. The van der Waals surface area contributed by atoms with E-state index in [4.69, 9.17) is 0 Å². The van der Waals surface area contributed by atoms with Crippen molar-refractivity contribution in [1.29, 1.82) is 0 Å². The van der Waals surface area contributed by atoms with Gasteiger partial charge in [0.1, 0.15) is 11.5 Å². The van der Waals surface area contributed by atoms with Crippen LogP contribution in [0.1, 0.15) is 49.8 Å². The fourth-order valence-electron chi connectivity index (χ4n) is 3.25. The summed E-state index contributed by atoms with van der Waals surface area (Å²) in [6.07, 6.45) is 7.24. The molecule has 124 valence electrons. The van der Waals surface area contributed by atoms with Gasteiger partial charge in [0.25, 0.3) is 0 Å². The normalized spacial score (nSPS) is 23.0. The number of nitrogens with one attached hydrogen (secondary N) is 1. The highest BCUT2D eigenvalue weighted by atomic mass is 19.1. The zero-order chi connectivity index (χ0) is 16.4. The van der Waals surface area contributed by atoms with E-state index in [9.17, 15) is 9.50 Å². The molecule has 1 aliphatic rings. The fraction of sp³-hybridized carbons (Fsp3) is 0.500. The molecule has 5 heteroatoms. The highest BCUT2D eigenvalue weighted by Gasteiger charge is 2.24. The van der Waals surface area contributed by atoms with Gasteiger partial charge >= 0.3 is 0 Å². The third-order valence-electron chi connectivity index (χ3n) is 4.62. The minimum atomic E-state index is -0.303. The number of hydrogen-bond acceptors (Lipinski definition) is 3. The van der Waals surface area contributed by atoms with Crippen molar-refractivity contribution >= 4 is 0 Å². The number of nitrogens with zero attached hydrogens (tertiary/aromatic N) is 2.